The van der Waals surface area contributed by atoms with Crippen molar-refractivity contribution in [1.29, 1.82) is 0 Å². The molecule has 0 aliphatic rings. The van der Waals surface area contributed by atoms with E-state index in [9.17, 15) is 9.59 Å². The summed E-state index contributed by atoms with van der Waals surface area (Å²) in [5, 5.41) is 6.44. The van der Waals surface area contributed by atoms with E-state index < -0.39 is 5.91 Å². The van der Waals surface area contributed by atoms with Crippen LogP contribution in [0.25, 0.3) is 0 Å². The van der Waals surface area contributed by atoms with Gasteiger partial charge in [-0.15, -0.1) is 0 Å². The lowest BCUT2D eigenvalue weighted by molar-refractivity contribution is -0.120. The minimum Gasteiger partial charge on any atom is -0.494 e. The third-order valence-electron chi connectivity index (χ3n) is 3.77. The van der Waals surface area contributed by atoms with Gasteiger partial charge in [-0.25, -0.2) is 5.43 Å². The number of ether oxygens (including phenoxy) is 1. The van der Waals surface area contributed by atoms with Gasteiger partial charge < -0.3 is 10.1 Å². The molecule has 0 fully saturated rings. The third-order valence-corrected chi connectivity index (χ3v) is 3.77. The first kappa shape index (κ1) is 20.2. The molecule has 0 saturated carbocycles. The van der Waals surface area contributed by atoms with Gasteiger partial charge in [-0.1, -0.05) is 43.2 Å². The fourth-order valence-corrected chi connectivity index (χ4v) is 2.17. The van der Waals surface area contributed by atoms with E-state index in [4.69, 9.17) is 4.74 Å². The highest BCUT2D eigenvalue weighted by Gasteiger charge is 2.07. The van der Waals surface area contributed by atoms with Crippen LogP contribution in [0.5, 0.6) is 5.75 Å². The SMILES string of the molecule is CCCCOc1ccc(C(=O)NCC(=O)N/N=C/c2ccc(C)cc2)cc1. The van der Waals surface area contributed by atoms with Crippen molar-refractivity contribution in [3.63, 3.8) is 0 Å². The van der Waals surface area contributed by atoms with Crippen molar-refractivity contribution in [3.05, 3.63) is 65.2 Å². The number of amides is 2. The van der Waals surface area contributed by atoms with E-state index in [2.05, 4.69) is 22.8 Å². The molecule has 27 heavy (non-hydrogen) atoms. The average molecular weight is 367 g/mol. The Kier molecular flexibility index (Phi) is 8.03. The van der Waals surface area contributed by atoms with Crippen LogP contribution in [0.3, 0.4) is 0 Å². The number of carbonyl (C=O) groups is 2. The molecule has 0 spiro atoms. The first-order chi connectivity index (χ1) is 13.1. The Labute approximate surface area is 159 Å². The van der Waals surface area contributed by atoms with E-state index in [1.807, 2.05) is 31.2 Å². The molecular weight excluding hydrogens is 342 g/mol. The molecule has 2 aromatic rings. The Morgan fingerprint density at radius 2 is 1.78 bits per heavy atom. The summed E-state index contributed by atoms with van der Waals surface area (Å²) >= 11 is 0. The lowest BCUT2D eigenvalue weighted by Gasteiger charge is -2.07. The van der Waals surface area contributed by atoms with Crippen LogP contribution in [0.15, 0.2) is 53.6 Å². The van der Waals surface area contributed by atoms with Crippen molar-refractivity contribution >= 4 is 18.0 Å². The zero-order chi connectivity index (χ0) is 19.5. The highest BCUT2D eigenvalue weighted by molar-refractivity contribution is 5.96. The molecule has 0 unspecified atom stereocenters. The zero-order valence-electron chi connectivity index (χ0n) is 15.7. The van der Waals surface area contributed by atoms with Crippen LogP contribution >= 0.6 is 0 Å². The van der Waals surface area contributed by atoms with E-state index in [0.29, 0.717) is 12.2 Å². The van der Waals surface area contributed by atoms with Gasteiger partial charge >= 0.3 is 0 Å². The molecule has 0 aliphatic carbocycles. The maximum absolute atomic E-state index is 12.1. The van der Waals surface area contributed by atoms with Gasteiger partial charge in [-0.2, -0.15) is 5.10 Å². The molecule has 0 radical (unpaired) electrons. The van der Waals surface area contributed by atoms with Crippen LogP contribution in [-0.4, -0.2) is 31.2 Å². The van der Waals surface area contributed by atoms with Crippen molar-refractivity contribution in [2.45, 2.75) is 26.7 Å². The van der Waals surface area contributed by atoms with E-state index in [1.165, 1.54) is 0 Å². The molecule has 0 heterocycles. The predicted molar refractivity (Wildman–Crippen MR) is 106 cm³/mol. The van der Waals surface area contributed by atoms with Crippen molar-refractivity contribution < 1.29 is 14.3 Å². The number of nitrogens with one attached hydrogen (secondary N) is 2. The molecule has 0 saturated heterocycles. The Hall–Kier alpha value is -3.15. The Balaban J connectivity index is 1.74. The molecule has 2 amide bonds. The van der Waals surface area contributed by atoms with Gasteiger partial charge in [0.05, 0.1) is 19.4 Å². The summed E-state index contributed by atoms with van der Waals surface area (Å²) in [6.07, 6.45) is 3.61. The summed E-state index contributed by atoms with van der Waals surface area (Å²) in [5.74, 6) is 0.00203. The summed E-state index contributed by atoms with van der Waals surface area (Å²) in [4.78, 5) is 23.8. The second-order valence-electron chi connectivity index (χ2n) is 6.11. The number of aryl methyl sites for hydroxylation is 1. The van der Waals surface area contributed by atoms with Crippen LogP contribution < -0.4 is 15.5 Å². The Morgan fingerprint density at radius 3 is 2.44 bits per heavy atom. The number of unbranched alkanes of at least 4 members (excludes halogenated alkanes) is 1. The fraction of sp³-hybridized carbons (Fsp3) is 0.286. The topological polar surface area (TPSA) is 79.8 Å². The minimum atomic E-state index is -0.397. The van der Waals surface area contributed by atoms with Gasteiger partial charge in [0.25, 0.3) is 11.8 Å². The number of hydrogen-bond acceptors (Lipinski definition) is 4. The lowest BCUT2D eigenvalue weighted by Crippen LogP contribution is -2.34. The van der Waals surface area contributed by atoms with Crippen molar-refractivity contribution in [1.82, 2.24) is 10.7 Å². The quantitative estimate of drug-likeness (QED) is 0.406. The molecule has 2 aromatic carbocycles. The molecule has 6 nitrogen and oxygen atoms in total. The molecule has 0 atom stereocenters. The maximum atomic E-state index is 12.1. The monoisotopic (exact) mass is 367 g/mol. The van der Waals surface area contributed by atoms with E-state index in [0.717, 1.165) is 29.7 Å². The highest BCUT2D eigenvalue weighted by Crippen LogP contribution is 2.12. The standard InChI is InChI=1S/C21H25N3O3/c1-3-4-13-27-19-11-9-18(10-12-19)21(26)22-15-20(25)24-23-14-17-7-5-16(2)6-8-17/h5-12,14H,3-4,13,15H2,1-2H3,(H,22,26)(H,24,25)/b23-14+. The summed E-state index contributed by atoms with van der Waals surface area (Å²) in [6, 6.07) is 14.6. The molecule has 142 valence electrons. The molecule has 6 heteroatoms. The van der Waals surface area contributed by atoms with Crippen LogP contribution in [0.2, 0.25) is 0 Å². The number of nitrogens with zero attached hydrogens (tertiary/aromatic N) is 1. The predicted octanol–water partition coefficient (Wildman–Crippen LogP) is 3.05. The van der Waals surface area contributed by atoms with Crippen molar-refractivity contribution in [2.24, 2.45) is 5.10 Å². The third kappa shape index (κ3) is 7.32. The van der Waals surface area contributed by atoms with Crippen molar-refractivity contribution in [3.8, 4) is 5.75 Å². The fourth-order valence-electron chi connectivity index (χ4n) is 2.17. The van der Waals surface area contributed by atoms with Gasteiger partial charge in [0.15, 0.2) is 0 Å². The maximum Gasteiger partial charge on any atom is 0.259 e. The second-order valence-corrected chi connectivity index (χ2v) is 6.11. The van der Waals surface area contributed by atoms with E-state index in [-0.39, 0.29) is 12.5 Å². The average Bonchev–Trinajstić information content (AvgIpc) is 2.68. The van der Waals surface area contributed by atoms with Gasteiger partial charge in [-0.05, 0) is 43.2 Å². The first-order valence-electron chi connectivity index (χ1n) is 8.98. The number of rotatable bonds is 9. The number of carbonyl (C=O) groups excluding carboxylic acids is 2. The summed E-state index contributed by atoms with van der Waals surface area (Å²) < 4.78 is 5.55. The number of hydrazone groups is 1. The van der Waals surface area contributed by atoms with Gasteiger partial charge in [0.1, 0.15) is 5.75 Å². The molecule has 2 N–H and O–H groups in total. The summed E-state index contributed by atoms with van der Waals surface area (Å²) in [7, 11) is 0. The van der Waals surface area contributed by atoms with E-state index >= 15 is 0 Å². The first-order valence-corrected chi connectivity index (χ1v) is 8.98. The largest absolute Gasteiger partial charge is 0.494 e. The molecule has 0 aromatic heterocycles. The molecule has 2 rings (SSSR count). The van der Waals surface area contributed by atoms with Crippen LogP contribution in [0, 0.1) is 6.92 Å². The Bertz CT molecular complexity index is 768. The van der Waals surface area contributed by atoms with Gasteiger partial charge in [0, 0.05) is 5.56 Å². The van der Waals surface area contributed by atoms with Crippen LogP contribution in [0.1, 0.15) is 41.3 Å². The van der Waals surface area contributed by atoms with E-state index in [1.54, 1.807) is 30.5 Å². The van der Waals surface area contributed by atoms with Crippen LogP contribution in [-0.2, 0) is 4.79 Å². The van der Waals surface area contributed by atoms with Crippen LogP contribution in [0.4, 0.5) is 0 Å². The summed E-state index contributed by atoms with van der Waals surface area (Å²) in [5.41, 5.74) is 4.89. The summed E-state index contributed by atoms with van der Waals surface area (Å²) in [6.45, 7) is 4.60. The number of hydrogen-bond donors (Lipinski definition) is 2. The molecular formula is C21H25N3O3. The van der Waals surface area contributed by atoms with Gasteiger partial charge in [-0.3, -0.25) is 9.59 Å². The lowest BCUT2D eigenvalue weighted by atomic mass is 10.2. The number of benzene rings is 2. The second kappa shape index (κ2) is 10.8. The van der Waals surface area contributed by atoms with Gasteiger partial charge in [0.2, 0.25) is 0 Å². The normalized spacial score (nSPS) is 10.6. The zero-order valence-corrected chi connectivity index (χ0v) is 15.7. The smallest absolute Gasteiger partial charge is 0.259 e. The van der Waals surface area contributed by atoms with Crippen molar-refractivity contribution in [2.75, 3.05) is 13.2 Å². The minimum absolute atomic E-state index is 0.154. The highest BCUT2D eigenvalue weighted by atomic mass is 16.5. The molecule has 0 bridgehead atoms. The Morgan fingerprint density at radius 1 is 1.07 bits per heavy atom. The molecule has 0 aliphatic heterocycles.